The fourth-order valence-corrected chi connectivity index (χ4v) is 4.52. The first-order valence-corrected chi connectivity index (χ1v) is 12.0. The maximum atomic E-state index is 13.2. The summed E-state index contributed by atoms with van der Waals surface area (Å²) >= 11 is 0. The van der Waals surface area contributed by atoms with Gasteiger partial charge < -0.3 is 14.8 Å². The lowest BCUT2D eigenvalue weighted by molar-refractivity contribution is 0.0698. The number of carboxylic acids is 1. The van der Waals surface area contributed by atoms with Crippen molar-refractivity contribution in [3.63, 3.8) is 0 Å². The lowest BCUT2D eigenvalue weighted by Gasteiger charge is -2.19. The standard InChI is InChI=1S/C30H24N4O4/c1-17-12-23(18(2)32-26-7-5-4-6-22(26)30(36)37)29-24(13-17)27(35)14-28(38-29)25-16-34(33-19(25)3)21-10-8-20(15-31)9-11-21/h4-14,16,18,32H,1-3H3,(H,36,37)/t18-/m1/s1. The number of nitriles is 1. The second kappa shape index (κ2) is 9.71. The van der Waals surface area contributed by atoms with Crippen LogP contribution in [0.3, 0.4) is 0 Å². The second-order valence-corrected chi connectivity index (χ2v) is 9.15. The average molecular weight is 505 g/mol. The summed E-state index contributed by atoms with van der Waals surface area (Å²) in [5.74, 6) is -0.652. The molecule has 188 valence electrons. The van der Waals surface area contributed by atoms with Crippen LogP contribution in [0.5, 0.6) is 0 Å². The van der Waals surface area contributed by atoms with Crippen LogP contribution in [0.2, 0.25) is 0 Å². The van der Waals surface area contributed by atoms with Gasteiger partial charge in [-0.2, -0.15) is 10.4 Å². The molecule has 5 aromatic rings. The highest BCUT2D eigenvalue weighted by Gasteiger charge is 2.20. The van der Waals surface area contributed by atoms with Crippen LogP contribution in [0.1, 0.15) is 45.7 Å². The Labute approximate surface area is 218 Å². The van der Waals surface area contributed by atoms with Crippen molar-refractivity contribution in [1.82, 2.24) is 9.78 Å². The van der Waals surface area contributed by atoms with E-state index < -0.39 is 5.97 Å². The molecule has 0 aliphatic heterocycles. The van der Waals surface area contributed by atoms with Gasteiger partial charge in [-0.05, 0) is 68.8 Å². The quantitative estimate of drug-likeness (QED) is 0.291. The van der Waals surface area contributed by atoms with Gasteiger partial charge >= 0.3 is 5.97 Å². The van der Waals surface area contributed by atoms with E-state index in [4.69, 9.17) is 9.68 Å². The molecule has 5 rings (SSSR count). The average Bonchev–Trinajstić information content (AvgIpc) is 3.30. The number of benzene rings is 3. The van der Waals surface area contributed by atoms with Gasteiger partial charge in [0.05, 0.1) is 45.6 Å². The van der Waals surface area contributed by atoms with E-state index in [0.717, 1.165) is 16.8 Å². The molecule has 0 unspecified atom stereocenters. The Kier molecular flexibility index (Phi) is 6.27. The Morgan fingerprint density at radius 1 is 1.11 bits per heavy atom. The molecule has 1 atom stereocenters. The van der Waals surface area contributed by atoms with Crippen LogP contribution >= 0.6 is 0 Å². The van der Waals surface area contributed by atoms with Crippen molar-refractivity contribution in [2.24, 2.45) is 0 Å². The van der Waals surface area contributed by atoms with Crippen molar-refractivity contribution in [2.45, 2.75) is 26.8 Å². The summed E-state index contributed by atoms with van der Waals surface area (Å²) in [7, 11) is 0. The first kappa shape index (κ1) is 24.5. The minimum Gasteiger partial charge on any atom is -0.478 e. The minimum absolute atomic E-state index is 0.157. The van der Waals surface area contributed by atoms with E-state index in [1.54, 1.807) is 59.4 Å². The van der Waals surface area contributed by atoms with Gasteiger partial charge in [0.2, 0.25) is 0 Å². The summed E-state index contributed by atoms with van der Waals surface area (Å²) in [5, 5.41) is 26.9. The third-order valence-corrected chi connectivity index (χ3v) is 6.42. The number of aryl methyl sites for hydroxylation is 2. The number of nitrogens with zero attached hydrogens (tertiary/aromatic N) is 3. The molecule has 0 saturated heterocycles. The number of nitrogens with one attached hydrogen (secondary N) is 1. The predicted molar refractivity (Wildman–Crippen MR) is 145 cm³/mol. The molecule has 8 nitrogen and oxygen atoms in total. The fourth-order valence-electron chi connectivity index (χ4n) is 4.52. The number of anilines is 1. The van der Waals surface area contributed by atoms with E-state index in [-0.39, 0.29) is 17.0 Å². The Morgan fingerprint density at radius 2 is 1.84 bits per heavy atom. The number of para-hydroxylation sites is 1. The summed E-state index contributed by atoms with van der Waals surface area (Å²) in [6, 6.07) is 20.7. The maximum absolute atomic E-state index is 13.2. The van der Waals surface area contributed by atoms with E-state index in [9.17, 15) is 14.7 Å². The highest BCUT2D eigenvalue weighted by Crippen LogP contribution is 2.32. The highest BCUT2D eigenvalue weighted by atomic mass is 16.4. The first-order chi connectivity index (χ1) is 18.2. The van der Waals surface area contributed by atoms with Crippen molar-refractivity contribution in [1.29, 1.82) is 5.26 Å². The van der Waals surface area contributed by atoms with Crippen LogP contribution in [0.25, 0.3) is 28.0 Å². The third-order valence-electron chi connectivity index (χ3n) is 6.42. The van der Waals surface area contributed by atoms with Gasteiger partial charge in [0.15, 0.2) is 5.43 Å². The number of hydrogen-bond acceptors (Lipinski definition) is 6. The molecule has 8 heteroatoms. The van der Waals surface area contributed by atoms with Crippen molar-refractivity contribution in [3.05, 3.63) is 111 Å². The summed E-state index contributed by atoms with van der Waals surface area (Å²) in [6.07, 6.45) is 1.79. The molecule has 3 aromatic carbocycles. The molecule has 0 saturated carbocycles. The Morgan fingerprint density at radius 3 is 2.55 bits per heavy atom. The number of aromatic carboxylic acids is 1. The van der Waals surface area contributed by atoms with Crippen LogP contribution < -0.4 is 10.7 Å². The smallest absolute Gasteiger partial charge is 0.337 e. The molecular formula is C30H24N4O4. The van der Waals surface area contributed by atoms with Gasteiger partial charge in [0.25, 0.3) is 0 Å². The van der Waals surface area contributed by atoms with Crippen molar-refractivity contribution < 1.29 is 14.3 Å². The van der Waals surface area contributed by atoms with Crippen molar-refractivity contribution in [2.75, 3.05) is 5.32 Å². The Balaban J connectivity index is 1.60. The first-order valence-electron chi connectivity index (χ1n) is 12.0. The van der Waals surface area contributed by atoms with Gasteiger partial charge in [-0.25, -0.2) is 9.48 Å². The number of hydrogen-bond donors (Lipinski definition) is 2. The van der Waals surface area contributed by atoms with E-state index in [0.29, 0.717) is 39.2 Å². The van der Waals surface area contributed by atoms with E-state index >= 15 is 0 Å². The zero-order valence-corrected chi connectivity index (χ0v) is 21.0. The zero-order chi connectivity index (χ0) is 27.0. The molecule has 2 heterocycles. The normalized spacial score (nSPS) is 11.7. The zero-order valence-electron chi connectivity index (χ0n) is 21.0. The maximum Gasteiger partial charge on any atom is 0.337 e. The molecule has 0 bridgehead atoms. The van der Waals surface area contributed by atoms with Gasteiger partial charge in [-0.1, -0.05) is 18.2 Å². The molecule has 38 heavy (non-hydrogen) atoms. The molecule has 0 spiro atoms. The second-order valence-electron chi connectivity index (χ2n) is 9.15. The molecule has 0 fully saturated rings. The fraction of sp³-hybridized carbons (Fsp3) is 0.133. The molecule has 0 aliphatic rings. The van der Waals surface area contributed by atoms with Crippen LogP contribution in [-0.2, 0) is 0 Å². The van der Waals surface area contributed by atoms with Gasteiger partial charge in [0, 0.05) is 23.5 Å². The summed E-state index contributed by atoms with van der Waals surface area (Å²) < 4.78 is 8.04. The summed E-state index contributed by atoms with van der Waals surface area (Å²) in [4.78, 5) is 24.9. The van der Waals surface area contributed by atoms with Crippen molar-refractivity contribution >= 4 is 22.6 Å². The Hall–Kier alpha value is -5.16. The van der Waals surface area contributed by atoms with Crippen molar-refractivity contribution in [3.8, 4) is 23.1 Å². The summed E-state index contributed by atoms with van der Waals surface area (Å²) in [5.41, 5.74) is 5.15. The van der Waals surface area contributed by atoms with Gasteiger partial charge in [-0.3, -0.25) is 4.79 Å². The third kappa shape index (κ3) is 4.53. The topological polar surface area (TPSA) is 121 Å². The number of carbonyl (C=O) groups is 1. The molecule has 2 aromatic heterocycles. The monoisotopic (exact) mass is 504 g/mol. The van der Waals surface area contributed by atoms with Crippen LogP contribution in [0, 0.1) is 25.2 Å². The number of fused-ring (bicyclic) bond motifs is 1. The number of rotatable bonds is 6. The Bertz CT molecular complexity index is 1790. The van der Waals surface area contributed by atoms with Gasteiger partial charge in [0.1, 0.15) is 11.3 Å². The molecular weight excluding hydrogens is 480 g/mol. The lowest BCUT2D eigenvalue weighted by atomic mass is 10.00. The summed E-state index contributed by atoms with van der Waals surface area (Å²) in [6.45, 7) is 5.64. The molecule has 0 radical (unpaired) electrons. The predicted octanol–water partition coefficient (Wildman–Crippen LogP) is 6.01. The van der Waals surface area contributed by atoms with Gasteiger partial charge in [-0.15, -0.1) is 0 Å². The minimum atomic E-state index is -1.03. The molecule has 0 amide bonds. The molecule has 0 aliphatic carbocycles. The number of carboxylic acid groups (broad SMARTS) is 1. The largest absolute Gasteiger partial charge is 0.478 e. The van der Waals surface area contributed by atoms with Crippen LogP contribution in [0.15, 0.2) is 82.1 Å². The van der Waals surface area contributed by atoms with E-state index in [2.05, 4.69) is 16.5 Å². The van der Waals surface area contributed by atoms with Crippen LogP contribution in [-0.4, -0.2) is 20.9 Å². The van der Waals surface area contributed by atoms with E-state index in [1.165, 1.54) is 12.1 Å². The number of aromatic nitrogens is 2. The highest BCUT2D eigenvalue weighted by molar-refractivity contribution is 5.94. The molecule has 2 N–H and O–H groups in total. The van der Waals surface area contributed by atoms with E-state index in [1.807, 2.05) is 26.8 Å². The lowest BCUT2D eigenvalue weighted by Crippen LogP contribution is -2.12. The van der Waals surface area contributed by atoms with Crippen LogP contribution in [0.4, 0.5) is 5.69 Å². The SMILES string of the molecule is Cc1cc([C@@H](C)Nc2ccccc2C(=O)O)c2oc(-c3cn(-c4ccc(C#N)cc4)nc3C)cc(=O)c2c1.